The van der Waals surface area contributed by atoms with Gasteiger partial charge in [-0.2, -0.15) is 0 Å². The van der Waals surface area contributed by atoms with Crippen LogP contribution >= 0.6 is 0 Å². The number of H-pyrrole nitrogens is 1. The van der Waals surface area contributed by atoms with Crippen molar-refractivity contribution in [1.29, 1.82) is 0 Å². The Bertz CT molecular complexity index is 353. The lowest BCUT2D eigenvalue weighted by Gasteiger charge is -1.91. The quantitative estimate of drug-likeness (QED) is 0.509. The molecule has 2 aromatic heterocycles. The molecule has 2 aromatic rings. The van der Waals surface area contributed by atoms with Crippen LogP contribution in [0.3, 0.4) is 0 Å². The second-order valence-corrected chi connectivity index (χ2v) is 2.14. The van der Waals surface area contributed by atoms with Gasteiger partial charge in [0.05, 0.1) is 0 Å². The molecular weight excluding hydrogens is 123 g/mol. The fourth-order valence-electron chi connectivity index (χ4n) is 0.982. The van der Waals surface area contributed by atoms with Gasteiger partial charge in [0, 0.05) is 17.8 Å². The van der Waals surface area contributed by atoms with Crippen molar-refractivity contribution < 1.29 is 0 Å². The molecule has 0 atom stereocenters. The van der Waals surface area contributed by atoms with E-state index in [1.54, 1.807) is 12.3 Å². The van der Waals surface area contributed by atoms with E-state index in [2.05, 4.69) is 9.97 Å². The minimum absolute atomic E-state index is 0.770. The molecule has 0 spiro atoms. The average Bonchev–Trinajstić information content (AvgIpc) is 2.36. The minimum atomic E-state index is 0.770. The Kier molecular flexibility index (Phi) is 1.03. The molecule has 0 aliphatic heterocycles. The summed E-state index contributed by atoms with van der Waals surface area (Å²) in [4.78, 5) is 7.04. The van der Waals surface area contributed by atoms with E-state index >= 15 is 0 Å². The molecular formula is C7H5BN2. The average molecular weight is 128 g/mol. The summed E-state index contributed by atoms with van der Waals surface area (Å²) in [5.41, 5.74) is 1.62. The maximum absolute atomic E-state index is 5.64. The summed E-state index contributed by atoms with van der Waals surface area (Å²) in [5, 5.41) is 0.988. The molecule has 0 aromatic carbocycles. The molecule has 0 saturated heterocycles. The minimum Gasteiger partial charge on any atom is -0.346 e. The number of aromatic nitrogens is 2. The largest absolute Gasteiger partial charge is 0.346 e. The predicted molar refractivity (Wildman–Crippen MR) is 41.5 cm³/mol. The number of hydrogen-bond donors (Lipinski definition) is 1. The molecule has 0 bridgehead atoms. The van der Waals surface area contributed by atoms with Crippen molar-refractivity contribution in [3.05, 3.63) is 24.5 Å². The van der Waals surface area contributed by atoms with Gasteiger partial charge >= 0.3 is 0 Å². The fourth-order valence-corrected chi connectivity index (χ4v) is 0.982. The summed E-state index contributed by atoms with van der Waals surface area (Å²) in [7, 11) is 5.64. The van der Waals surface area contributed by atoms with E-state index in [9.17, 15) is 0 Å². The molecule has 0 unspecified atom stereocenters. The lowest BCUT2D eigenvalue weighted by molar-refractivity contribution is 1.33. The van der Waals surface area contributed by atoms with E-state index in [0.717, 1.165) is 16.5 Å². The monoisotopic (exact) mass is 128 g/mol. The number of pyridine rings is 1. The van der Waals surface area contributed by atoms with Crippen LogP contribution in [0.1, 0.15) is 0 Å². The molecule has 0 saturated carbocycles. The van der Waals surface area contributed by atoms with Gasteiger partial charge in [-0.3, -0.25) is 0 Å². The third-order valence-electron chi connectivity index (χ3n) is 1.49. The van der Waals surface area contributed by atoms with Crippen LogP contribution in [0.4, 0.5) is 0 Å². The van der Waals surface area contributed by atoms with Gasteiger partial charge in [0.25, 0.3) is 0 Å². The number of aromatic amines is 1. The molecule has 46 valence electrons. The topological polar surface area (TPSA) is 28.7 Å². The fraction of sp³-hybridized carbons (Fsp3) is 0. The highest BCUT2D eigenvalue weighted by molar-refractivity contribution is 6.38. The molecule has 0 aliphatic carbocycles. The van der Waals surface area contributed by atoms with Gasteiger partial charge in [0.1, 0.15) is 13.5 Å². The van der Waals surface area contributed by atoms with Crippen LogP contribution in [0.15, 0.2) is 24.5 Å². The first-order valence-corrected chi connectivity index (χ1v) is 3.05. The highest BCUT2D eigenvalue weighted by atomic mass is 14.8. The standard InChI is InChI=1S/C7H5BN2/c8-6-2-4-10-7-5(6)1-3-9-7/h1-4H,(H,9,10). The highest BCUT2D eigenvalue weighted by Gasteiger charge is 1.94. The first-order chi connectivity index (χ1) is 4.88. The number of hydrogen-bond acceptors (Lipinski definition) is 1. The molecule has 2 nitrogen and oxygen atoms in total. The van der Waals surface area contributed by atoms with Gasteiger partial charge in [-0.25, -0.2) is 4.98 Å². The van der Waals surface area contributed by atoms with Gasteiger partial charge in [-0.1, -0.05) is 11.5 Å². The summed E-state index contributed by atoms with van der Waals surface area (Å²) in [6, 6.07) is 3.70. The SMILES string of the molecule is [B]c1ccnc2[nH]ccc12. The highest BCUT2D eigenvalue weighted by Crippen LogP contribution is 2.03. The van der Waals surface area contributed by atoms with Crippen molar-refractivity contribution in [2.45, 2.75) is 0 Å². The van der Waals surface area contributed by atoms with Crippen molar-refractivity contribution >= 4 is 24.3 Å². The molecule has 2 radical (unpaired) electrons. The third-order valence-corrected chi connectivity index (χ3v) is 1.49. The third kappa shape index (κ3) is 0.636. The van der Waals surface area contributed by atoms with Crippen LogP contribution in [-0.2, 0) is 0 Å². The number of fused-ring (bicyclic) bond motifs is 1. The lowest BCUT2D eigenvalue weighted by Crippen LogP contribution is -2.02. The van der Waals surface area contributed by atoms with Gasteiger partial charge in [-0.15, -0.1) is 0 Å². The Morgan fingerprint density at radius 2 is 2.30 bits per heavy atom. The zero-order valence-electron chi connectivity index (χ0n) is 5.33. The molecule has 0 fully saturated rings. The van der Waals surface area contributed by atoms with Crippen molar-refractivity contribution in [1.82, 2.24) is 9.97 Å². The normalized spacial score (nSPS) is 10.4. The number of rotatable bonds is 0. The van der Waals surface area contributed by atoms with Crippen molar-refractivity contribution in [2.24, 2.45) is 0 Å². The first kappa shape index (κ1) is 5.53. The molecule has 3 heteroatoms. The second kappa shape index (κ2) is 1.87. The number of nitrogens with zero attached hydrogens (tertiary/aromatic N) is 1. The summed E-state index contributed by atoms with van der Waals surface area (Å²) < 4.78 is 0. The van der Waals surface area contributed by atoms with Crippen molar-refractivity contribution in [3.8, 4) is 0 Å². The van der Waals surface area contributed by atoms with Gasteiger partial charge in [0.15, 0.2) is 0 Å². The Morgan fingerprint density at radius 1 is 1.40 bits per heavy atom. The molecule has 0 amide bonds. The zero-order valence-corrected chi connectivity index (χ0v) is 5.33. The van der Waals surface area contributed by atoms with Gasteiger partial charge < -0.3 is 4.98 Å². The maximum atomic E-state index is 5.64. The van der Waals surface area contributed by atoms with E-state index < -0.39 is 0 Å². The Balaban J connectivity index is 2.95. The van der Waals surface area contributed by atoms with Crippen LogP contribution in [-0.4, -0.2) is 17.8 Å². The van der Waals surface area contributed by atoms with Crippen molar-refractivity contribution in [3.63, 3.8) is 0 Å². The summed E-state index contributed by atoms with van der Waals surface area (Å²) in [5.74, 6) is 0. The van der Waals surface area contributed by atoms with E-state index in [4.69, 9.17) is 7.85 Å². The molecule has 0 aliphatic rings. The van der Waals surface area contributed by atoms with E-state index in [1.807, 2.05) is 12.3 Å². The summed E-state index contributed by atoms with van der Waals surface area (Å²) in [6.45, 7) is 0. The van der Waals surface area contributed by atoms with Gasteiger partial charge in [-0.05, 0) is 6.07 Å². The molecule has 2 rings (SSSR count). The Hall–Kier alpha value is -1.25. The lowest BCUT2D eigenvalue weighted by atomic mass is 9.95. The van der Waals surface area contributed by atoms with Crippen LogP contribution in [0.2, 0.25) is 0 Å². The number of nitrogens with one attached hydrogen (secondary N) is 1. The smallest absolute Gasteiger partial charge is 0.136 e. The van der Waals surface area contributed by atoms with E-state index in [1.165, 1.54) is 0 Å². The Labute approximate surface area is 59.7 Å². The maximum Gasteiger partial charge on any atom is 0.136 e. The van der Waals surface area contributed by atoms with E-state index in [0.29, 0.717) is 0 Å². The van der Waals surface area contributed by atoms with Crippen molar-refractivity contribution in [2.75, 3.05) is 0 Å². The van der Waals surface area contributed by atoms with Crippen LogP contribution in [0.5, 0.6) is 0 Å². The van der Waals surface area contributed by atoms with E-state index in [-0.39, 0.29) is 0 Å². The molecule has 1 N–H and O–H groups in total. The zero-order chi connectivity index (χ0) is 6.97. The first-order valence-electron chi connectivity index (χ1n) is 3.05. The van der Waals surface area contributed by atoms with Crippen LogP contribution in [0.25, 0.3) is 11.0 Å². The van der Waals surface area contributed by atoms with Crippen LogP contribution in [0, 0.1) is 0 Å². The second-order valence-electron chi connectivity index (χ2n) is 2.14. The van der Waals surface area contributed by atoms with Gasteiger partial charge in [0.2, 0.25) is 0 Å². The van der Waals surface area contributed by atoms with Crippen LogP contribution < -0.4 is 5.46 Å². The Morgan fingerprint density at radius 3 is 3.10 bits per heavy atom. The molecule has 2 heterocycles. The summed E-state index contributed by atoms with van der Waals surface area (Å²) >= 11 is 0. The predicted octanol–water partition coefficient (Wildman–Crippen LogP) is 0.357. The summed E-state index contributed by atoms with van der Waals surface area (Å²) in [6.07, 6.45) is 3.52. The molecule has 10 heavy (non-hydrogen) atoms.